The van der Waals surface area contributed by atoms with Gasteiger partial charge in [-0.25, -0.2) is 9.97 Å². The van der Waals surface area contributed by atoms with Gasteiger partial charge in [0.25, 0.3) is 0 Å². The van der Waals surface area contributed by atoms with Crippen molar-refractivity contribution in [3.63, 3.8) is 0 Å². The molecule has 1 saturated heterocycles. The van der Waals surface area contributed by atoms with Crippen molar-refractivity contribution < 1.29 is 4.79 Å². The summed E-state index contributed by atoms with van der Waals surface area (Å²) in [6.07, 6.45) is 7.18. The van der Waals surface area contributed by atoms with Crippen LogP contribution >= 0.6 is 11.8 Å². The number of aryl methyl sites for hydroxylation is 1. The van der Waals surface area contributed by atoms with Crippen molar-refractivity contribution >= 4 is 23.6 Å². The van der Waals surface area contributed by atoms with Crippen molar-refractivity contribution in [1.29, 1.82) is 0 Å². The van der Waals surface area contributed by atoms with E-state index in [4.69, 9.17) is 0 Å². The zero-order chi connectivity index (χ0) is 15.4. The summed E-state index contributed by atoms with van der Waals surface area (Å²) >= 11 is 1.53. The molecule has 2 aromatic rings. The Kier molecular flexibility index (Phi) is 4.57. The van der Waals surface area contributed by atoms with Crippen molar-refractivity contribution in [2.75, 3.05) is 36.8 Å². The predicted molar refractivity (Wildman–Crippen MR) is 84.8 cm³/mol. The van der Waals surface area contributed by atoms with Gasteiger partial charge in [0.05, 0.1) is 11.9 Å². The number of anilines is 1. The number of hydrogen-bond donors (Lipinski definition) is 0. The molecule has 22 heavy (non-hydrogen) atoms. The lowest BCUT2D eigenvalue weighted by Crippen LogP contribution is -2.49. The molecule has 1 fully saturated rings. The van der Waals surface area contributed by atoms with Crippen LogP contribution in [0.4, 0.5) is 5.95 Å². The number of rotatable bonds is 4. The van der Waals surface area contributed by atoms with Crippen molar-refractivity contribution in [3.8, 4) is 0 Å². The number of thioether (sulfide) groups is 1. The van der Waals surface area contributed by atoms with Crippen LogP contribution in [0.1, 0.15) is 0 Å². The van der Waals surface area contributed by atoms with Crippen LogP contribution in [-0.2, 0) is 11.8 Å². The molecule has 0 aromatic carbocycles. The highest BCUT2D eigenvalue weighted by atomic mass is 32.2. The summed E-state index contributed by atoms with van der Waals surface area (Å²) in [5.41, 5.74) is 0. The van der Waals surface area contributed by atoms with Crippen LogP contribution in [0.2, 0.25) is 0 Å². The molecule has 0 bridgehead atoms. The normalized spacial score (nSPS) is 15.1. The standard InChI is InChI=1S/C14H18N6OS/c1-18-10-12(9-17-18)22-11-13(21)19-5-7-20(8-6-19)14-15-3-2-4-16-14/h2-4,9-10H,5-8,11H2,1H3. The van der Waals surface area contributed by atoms with E-state index in [1.54, 1.807) is 29.3 Å². The fourth-order valence-electron chi connectivity index (χ4n) is 2.32. The molecule has 7 nitrogen and oxygen atoms in total. The second-order valence-corrected chi connectivity index (χ2v) is 6.10. The molecular formula is C14H18N6OS. The quantitative estimate of drug-likeness (QED) is 0.771. The first-order valence-electron chi connectivity index (χ1n) is 7.13. The van der Waals surface area contributed by atoms with E-state index < -0.39 is 0 Å². The van der Waals surface area contributed by atoms with E-state index in [0.717, 1.165) is 23.9 Å². The third kappa shape index (κ3) is 3.56. The molecule has 0 aliphatic carbocycles. The second-order valence-electron chi connectivity index (χ2n) is 5.06. The van der Waals surface area contributed by atoms with Gasteiger partial charge in [-0.2, -0.15) is 5.10 Å². The van der Waals surface area contributed by atoms with E-state index in [2.05, 4.69) is 20.0 Å². The fraction of sp³-hybridized carbons (Fsp3) is 0.429. The first kappa shape index (κ1) is 14.8. The zero-order valence-electron chi connectivity index (χ0n) is 12.4. The topological polar surface area (TPSA) is 67.2 Å². The van der Waals surface area contributed by atoms with Crippen molar-refractivity contribution in [2.24, 2.45) is 7.05 Å². The third-order valence-corrected chi connectivity index (χ3v) is 4.45. The van der Waals surface area contributed by atoms with Crippen LogP contribution in [0, 0.1) is 0 Å². The summed E-state index contributed by atoms with van der Waals surface area (Å²) in [7, 11) is 1.87. The zero-order valence-corrected chi connectivity index (χ0v) is 13.2. The first-order chi connectivity index (χ1) is 10.7. The molecule has 8 heteroatoms. The Morgan fingerprint density at radius 3 is 2.59 bits per heavy atom. The average molecular weight is 318 g/mol. The van der Waals surface area contributed by atoms with Gasteiger partial charge >= 0.3 is 0 Å². The average Bonchev–Trinajstić information content (AvgIpc) is 2.99. The van der Waals surface area contributed by atoms with Gasteiger partial charge in [-0.1, -0.05) is 0 Å². The van der Waals surface area contributed by atoms with Crippen molar-refractivity contribution in [2.45, 2.75) is 4.90 Å². The summed E-state index contributed by atoms with van der Waals surface area (Å²) in [5.74, 6) is 1.36. The Labute approximate surface area is 133 Å². The molecule has 1 aliphatic rings. The van der Waals surface area contributed by atoms with E-state index in [-0.39, 0.29) is 5.91 Å². The number of amides is 1. The molecule has 3 heterocycles. The monoisotopic (exact) mass is 318 g/mol. The van der Waals surface area contributed by atoms with Crippen LogP contribution in [0.3, 0.4) is 0 Å². The molecular weight excluding hydrogens is 300 g/mol. The summed E-state index contributed by atoms with van der Waals surface area (Å²) < 4.78 is 1.74. The van der Waals surface area contributed by atoms with Crippen molar-refractivity contribution in [3.05, 3.63) is 30.9 Å². The number of carbonyl (C=O) groups excluding carboxylic acids is 1. The molecule has 2 aromatic heterocycles. The Hall–Kier alpha value is -2.09. The molecule has 0 atom stereocenters. The summed E-state index contributed by atoms with van der Waals surface area (Å²) in [4.78, 5) is 25.8. The van der Waals surface area contributed by atoms with Crippen LogP contribution in [0.5, 0.6) is 0 Å². The Balaban J connectivity index is 1.47. The minimum atomic E-state index is 0.169. The van der Waals surface area contributed by atoms with Gasteiger partial charge in [0.15, 0.2) is 0 Å². The summed E-state index contributed by atoms with van der Waals surface area (Å²) in [5, 5.41) is 4.10. The second kappa shape index (κ2) is 6.78. The molecule has 1 amide bonds. The third-order valence-electron chi connectivity index (χ3n) is 3.51. The van der Waals surface area contributed by atoms with Crippen molar-refractivity contribution in [1.82, 2.24) is 24.6 Å². The largest absolute Gasteiger partial charge is 0.338 e. The van der Waals surface area contributed by atoms with Crippen LogP contribution in [0.25, 0.3) is 0 Å². The van der Waals surface area contributed by atoms with Crippen LogP contribution in [0.15, 0.2) is 35.7 Å². The maximum atomic E-state index is 12.2. The lowest BCUT2D eigenvalue weighted by molar-refractivity contribution is -0.128. The molecule has 3 rings (SSSR count). The molecule has 1 aliphatic heterocycles. The lowest BCUT2D eigenvalue weighted by Gasteiger charge is -2.34. The Morgan fingerprint density at radius 1 is 1.23 bits per heavy atom. The van der Waals surface area contributed by atoms with E-state index >= 15 is 0 Å². The van der Waals surface area contributed by atoms with Crippen LogP contribution < -0.4 is 4.90 Å². The number of aromatic nitrogens is 4. The van der Waals surface area contributed by atoms with E-state index in [1.807, 2.05) is 18.1 Å². The smallest absolute Gasteiger partial charge is 0.233 e. The number of piperazine rings is 1. The van der Waals surface area contributed by atoms with Gasteiger partial charge < -0.3 is 9.80 Å². The summed E-state index contributed by atoms with van der Waals surface area (Å²) in [6.45, 7) is 2.97. The van der Waals surface area contributed by atoms with Gasteiger partial charge in [0, 0.05) is 56.7 Å². The molecule has 0 unspecified atom stereocenters. The molecule has 116 valence electrons. The Morgan fingerprint density at radius 2 is 1.95 bits per heavy atom. The minimum absolute atomic E-state index is 0.169. The highest BCUT2D eigenvalue weighted by Crippen LogP contribution is 2.17. The first-order valence-corrected chi connectivity index (χ1v) is 8.12. The fourth-order valence-corrected chi connectivity index (χ4v) is 3.14. The highest BCUT2D eigenvalue weighted by molar-refractivity contribution is 8.00. The maximum absolute atomic E-state index is 12.2. The lowest BCUT2D eigenvalue weighted by atomic mass is 10.3. The van der Waals surface area contributed by atoms with E-state index in [1.165, 1.54) is 11.8 Å². The SMILES string of the molecule is Cn1cc(SCC(=O)N2CCN(c3ncccn3)CC2)cn1. The van der Waals surface area contributed by atoms with Gasteiger partial charge in [-0.05, 0) is 6.07 Å². The van der Waals surface area contributed by atoms with E-state index in [9.17, 15) is 4.79 Å². The highest BCUT2D eigenvalue weighted by Gasteiger charge is 2.22. The molecule has 0 radical (unpaired) electrons. The van der Waals surface area contributed by atoms with Gasteiger partial charge in [0.2, 0.25) is 11.9 Å². The molecule has 0 spiro atoms. The molecule has 0 saturated carbocycles. The van der Waals surface area contributed by atoms with E-state index in [0.29, 0.717) is 18.8 Å². The minimum Gasteiger partial charge on any atom is -0.338 e. The number of hydrogen-bond acceptors (Lipinski definition) is 6. The van der Waals surface area contributed by atoms with Gasteiger partial charge in [0.1, 0.15) is 0 Å². The molecule has 0 N–H and O–H groups in total. The number of nitrogens with zero attached hydrogens (tertiary/aromatic N) is 6. The van der Waals surface area contributed by atoms with Gasteiger partial charge in [-0.15, -0.1) is 11.8 Å². The van der Waals surface area contributed by atoms with Gasteiger partial charge in [-0.3, -0.25) is 9.48 Å². The predicted octanol–water partition coefficient (Wildman–Crippen LogP) is 0.651. The summed E-state index contributed by atoms with van der Waals surface area (Å²) in [6, 6.07) is 1.80. The Bertz CT molecular complexity index is 623. The number of carbonyl (C=O) groups is 1. The maximum Gasteiger partial charge on any atom is 0.233 e. The van der Waals surface area contributed by atoms with Crippen LogP contribution in [-0.4, -0.2) is 62.5 Å².